The minimum absolute atomic E-state index is 0.254. The van der Waals surface area contributed by atoms with Crippen LogP contribution in [-0.4, -0.2) is 29.6 Å². The van der Waals surface area contributed by atoms with Crippen molar-refractivity contribution < 1.29 is 5.11 Å². The predicted octanol–water partition coefficient (Wildman–Crippen LogP) is 4.18. The second-order valence-corrected chi connectivity index (χ2v) is 6.79. The van der Waals surface area contributed by atoms with Crippen LogP contribution in [0.25, 0.3) is 0 Å². The summed E-state index contributed by atoms with van der Waals surface area (Å²) in [5, 5.41) is 9.78. The van der Waals surface area contributed by atoms with Gasteiger partial charge in [0, 0.05) is 12.0 Å². The molecule has 20 heavy (non-hydrogen) atoms. The van der Waals surface area contributed by atoms with Crippen molar-refractivity contribution >= 4 is 0 Å². The number of hydrogen-bond acceptors (Lipinski definition) is 2. The molecule has 0 amide bonds. The second kappa shape index (κ2) is 6.62. The Morgan fingerprint density at radius 3 is 2.80 bits per heavy atom. The van der Waals surface area contributed by atoms with Gasteiger partial charge in [0.15, 0.2) is 0 Å². The molecule has 1 unspecified atom stereocenters. The number of phenols is 1. The molecular weight excluding hydrogens is 246 g/mol. The molecule has 0 saturated carbocycles. The Kier molecular flexibility index (Phi) is 5.09. The lowest BCUT2D eigenvalue weighted by atomic mass is 9.76. The van der Waals surface area contributed by atoms with Crippen LogP contribution >= 0.6 is 0 Å². The fraction of sp³-hybridized carbons (Fsp3) is 0.667. The number of hydrogen-bond donors (Lipinski definition) is 1. The van der Waals surface area contributed by atoms with E-state index in [2.05, 4.69) is 31.7 Å². The van der Waals surface area contributed by atoms with E-state index in [0.29, 0.717) is 5.75 Å². The van der Waals surface area contributed by atoms with Crippen molar-refractivity contribution in [2.45, 2.75) is 51.9 Å². The van der Waals surface area contributed by atoms with Crippen molar-refractivity contribution in [2.24, 2.45) is 5.92 Å². The Balaban J connectivity index is 2.12. The molecule has 1 aromatic rings. The minimum Gasteiger partial charge on any atom is -0.508 e. The van der Waals surface area contributed by atoms with Gasteiger partial charge in [-0.25, -0.2) is 0 Å². The second-order valence-electron chi connectivity index (χ2n) is 6.79. The molecule has 0 aliphatic carbocycles. The maximum absolute atomic E-state index is 9.78. The Morgan fingerprint density at radius 2 is 2.15 bits per heavy atom. The van der Waals surface area contributed by atoms with E-state index in [1.165, 1.54) is 44.3 Å². The van der Waals surface area contributed by atoms with Gasteiger partial charge in [0.05, 0.1) is 0 Å². The summed E-state index contributed by atoms with van der Waals surface area (Å²) < 4.78 is 0. The first-order valence-corrected chi connectivity index (χ1v) is 8.07. The van der Waals surface area contributed by atoms with E-state index in [-0.39, 0.29) is 5.41 Å². The van der Waals surface area contributed by atoms with Crippen LogP contribution in [0.2, 0.25) is 0 Å². The molecule has 112 valence electrons. The summed E-state index contributed by atoms with van der Waals surface area (Å²) in [5.74, 6) is 1.18. The molecule has 2 nitrogen and oxygen atoms in total. The molecule has 1 aromatic carbocycles. The van der Waals surface area contributed by atoms with Crippen LogP contribution in [0.1, 0.15) is 52.0 Å². The SMILES string of the molecule is CCCC1(c2cccc(O)c2)CCN(CCC(C)C)C1. The molecule has 2 rings (SSSR count). The van der Waals surface area contributed by atoms with Gasteiger partial charge in [-0.3, -0.25) is 0 Å². The zero-order valence-electron chi connectivity index (χ0n) is 13.2. The number of likely N-dealkylation sites (tertiary alicyclic amines) is 1. The molecule has 0 aromatic heterocycles. The average Bonchev–Trinajstić information content (AvgIpc) is 2.82. The Labute approximate surface area is 123 Å². The molecule has 1 fully saturated rings. The first-order valence-electron chi connectivity index (χ1n) is 8.07. The lowest BCUT2D eigenvalue weighted by Crippen LogP contribution is -2.31. The standard InChI is InChI=1S/C18H29NO/c1-4-9-18(16-6-5-7-17(20)13-16)10-12-19(14-18)11-8-15(2)3/h5-7,13,15,20H,4,8-12,14H2,1-3H3. The van der Waals surface area contributed by atoms with Gasteiger partial charge in [-0.05, 0) is 56.0 Å². The van der Waals surface area contributed by atoms with Crippen molar-refractivity contribution in [3.05, 3.63) is 29.8 Å². The predicted molar refractivity (Wildman–Crippen MR) is 85.2 cm³/mol. The fourth-order valence-electron chi connectivity index (χ4n) is 3.49. The Bertz CT molecular complexity index is 429. The summed E-state index contributed by atoms with van der Waals surface area (Å²) in [4.78, 5) is 2.61. The van der Waals surface area contributed by atoms with Crippen LogP contribution in [0, 0.1) is 5.92 Å². The van der Waals surface area contributed by atoms with Gasteiger partial charge in [0.2, 0.25) is 0 Å². The van der Waals surface area contributed by atoms with Crippen LogP contribution in [0.5, 0.6) is 5.75 Å². The normalized spacial score (nSPS) is 23.6. The topological polar surface area (TPSA) is 23.5 Å². The van der Waals surface area contributed by atoms with E-state index in [0.717, 1.165) is 12.5 Å². The largest absolute Gasteiger partial charge is 0.508 e. The molecule has 0 bridgehead atoms. The maximum Gasteiger partial charge on any atom is 0.115 e. The smallest absolute Gasteiger partial charge is 0.115 e. The third-order valence-electron chi connectivity index (χ3n) is 4.64. The van der Waals surface area contributed by atoms with E-state index >= 15 is 0 Å². The zero-order chi connectivity index (χ0) is 14.6. The van der Waals surface area contributed by atoms with Gasteiger partial charge in [-0.1, -0.05) is 39.3 Å². The number of benzene rings is 1. The summed E-state index contributed by atoms with van der Waals surface area (Å²) in [6.45, 7) is 10.4. The molecule has 1 heterocycles. The summed E-state index contributed by atoms with van der Waals surface area (Å²) >= 11 is 0. The third-order valence-corrected chi connectivity index (χ3v) is 4.64. The van der Waals surface area contributed by atoms with Crippen LogP contribution in [0.4, 0.5) is 0 Å². The summed E-state index contributed by atoms with van der Waals surface area (Å²) in [6.07, 6.45) is 4.92. The fourth-order valence-corrected chi connectivity index (χ4v) is 3.49. The monoisotopic (exact) mass is 275 g/mol. The number of nitrogens with zero attached hydrogens (tertiary/aromatic N) is 1. The summed E-state index contributed by atoms with van der Waals surface area (Å²) in [5.41, 5.74) is 1.58. The highest BCUT2D eigenvalue weighted by Crippen LogP contribution is 2.39. The highest BCUT2D eigenvalue weighted by molar-refractivity contribution is 5.34. The van der Waals surface area contributed by atoms with E-state index in [1.54, 1.807) is 6.07 Å². The first-order chi connectivity index (χ1) is 9.55. The molecule has 1 aliphatic heterocycles. The van der Waals surface area contributed by atoms with Gasteiger partial charge < -0.3 is 10.0 Å². The van der Waals surface area contributed by atoms with Gasteiger partial charge in [-0.2, -0.15) is 0 Å². The van der Waals surface area contributed by atoms with Crippen LogP contribution < -0.4 is 0 Å². The molecule has 0 radical (unpaired) electrons. The van der Waals surface area contributed by atoms with E-state index in [9.17, 15) is 5.11 Å². The lowest BCUT2D eigenvalue weighted by molar-refractivity contribution is 0.284. The molecular formula is C18H29NO. The van der Waals surface area contributed by atoms with Crippen LogP contribution in [0.15, 0.2) is 24.3 Å². The van der Waals surface area contributed by atoms with Crippen molar-refractivity contribution in [2.75, 3.05) is 19.6 Å². The number of rotatable bonds is 6. The minimum atomic E-state index is 0.254. The summed E-state index contributed by atoms with van der Waals surface area (Å²) in [6, 6.07) is 7.93. The van der Waals surface area contributed by atoms with E-state index in [1.807, 2.05) is 12.1 Å². The lowest BCUT2D eigenvalue weighted by Gasteiger charge is -2.30. The quantitative estimate of drug-likeness (QED) is 0.842. The van der Waals surface area contributed by atoms with Gasteiger partial charge in [0.1, 0.15) is 5.75 Å². The summed E-state index contributed by atoms with van der Waals surface area (Å²) in [7, 11) is 0. The molecule has 0 spiro atoms. The maximum atomic E-state index is 9.78. The third kappa shape index (κ3) is 3.54. The number of aromatic hydroxyl groups is 1. The molecule has 2 heteroatoms. The van der Waals surface area contributed by atoms with Crippen molar-refractivity contribution in [3.63, 3.8) is 0 Å². The highest BCUT2D eigenvalue weighted by Gasteiger charge is 2.38. The Hall–Kier alpha value is -1.02. The van der Waals surface area contributed by atoms with E-state index < -0.39 is 0 Å². The van der Waals surface area contributed by atoms with Gasteiger partial charge in [0.25, 0.3) is 0 Å². The first kappa shape index (κ1) is 15.4. The van der Waals surface area contributed by atoms with Crippen molar-refractivity contribution in [3.8, 4) is 5.75 Å². The number of phenolic OH excluding ortho intramolecular Hbond substituents is 1. The van der Waals surface area contributed by atoms with Gasteiger partial charge >= 0.3 is 0 Å². The zero-order valence-corrected chi connectivity index (χ0v) is 13.2. The average molecular weight is 275 g/mol. The highest BCUT2D eigenvalue weighted by atomic mass is 16.3. The van der Waals surface area contributed by atoms with Crippen molar-refractivity contribution in [1.82, 2.24) is 4.90 Å². The van der Waals surface area contributed by atoms with Crippen LogP contribution in [-0.2, 0) is 5.41 Å². The molecule has 1 N–H and O–H groups in total. The molecule has 1 saturated heterocycles. The molecule has 1 aliphatic rings. The Morgan fingerprint density at radius 1 is 1.35 bits per heavy atom. The van der Waals surface area contributed by atoms with Gasteiger partial charge in [-0.15, -0.1) is 0 Å². The van der Waals surface area contributed by atoms with E-state index in [4.69, 9.17) is 0 Å². The van der Waals surface area contributed by atoms with Crippen molar-refractivity contribution in [1.29, 1.82) is 0 Å². The van der Waals surface area contributed by atoms with Crippen LogP contribution in [0.3, 0.4) is 0 Å². The molecule has 1 atom stereocenters.